The molecule has 0 aromatic carbocycles. The van der Waals surface area contributed by atoms with Crippen LogP contribution in [0.25, 0.3) is 0 Å². The molecule has 0 fully saturated rings. The van der Waals surface area contributed by atoms with E-state index in [0.29, 0.717) is 6.54 Å². The van der Waals surface area contributed by atoms with Gasteiger partial charge >= 0.3 is 5.97 Å². The van der Waals surface area contributed by atoms with Gasteiger partial charge in [-0.2, -0.15) is 0 Å². The molecule has 0 aliphatic carbocycles. The van der Waals surface area contributed by atoms with Gasteiger partial charge in [-0.05, 0) is 6.07 Å². The molecule has 1 rings (SSSR count). The molecule has 8 heteroatoms. The van der Waals surface area contributed by atoms with Crippen LogP contribution < -0.4 is 10.5 Å². The van der Waals surface area contributed by atoms with E-state index in [1.54, 1.807) is 11.4 Å². The van der Waals surface area contributed by atoms with Crippen LogP contribution in [0.2, 0.25) is 0 Å². The van der Waals surface area contributed by atoms with E-state index >= 15 is 0 Å². The Morgan fingerprint density at radius 3 is 2.75 bits per heavy atom. The predicted octanol–water partition coefficient (Wildman–Crippen LogP) is -0.176. The highest BCUT2D eigenvalue weighted by Gasteiger charge is 2.06. The van der Waals surface area contributed by atoms with Crippen LogP contribution >= 0.6 is 11.3 Å². The van der Waals surface area contributed by atoms with Crippen molar-refractivity contribution in [3.05, 3.63) is 21.9 Å². The Labute approximate surface area is 97.1 Å². The van der Waals surface area contributed by atoms with Crippen LogP contribution in [-0.4, -0.2) is 31.8 Å². The van der Waals surface area contributed by atoms with Crippen LogP contribution in [0.15, 0.2) is 11.4 Å². The number of carboxylic acids is 1. The van der Waals surface area contributed by atoms with E-state index in [9.17, 15) is 13.2 Å². The SMILES string of the molecule is NS(=O)(=O)CCNCc1cc(C(=O)O)cs1. The molecule has 1 aromatic rings. The molecule has 1 heterocycles. The van der Waals surface area contributed by atoms with E-state index in [0.717, 1.165) is 4.88 Å². The fourth-order valence-corrected chi connectivity index (χ4v) is 2.27. The van der Waals surface area contributed by atoms with Crippen molar-refractivity contribution in [1.29, 1.82) is 0 Å². The molecule has 90 valence electrons. The van der Waals surface area contributed by atoms with Crippen LogP contribution in [0.1, 0.15) is 15.2 Å². The number of rotatable bonds is 6. The number of carbonyl (C=O) groups is 1. The van der Waals surface area contributed by atoms with Gasteiger partial charge in [0.2, 0.25) is 10.0 Å². The first-order chi connectivity index (χ1) is 7.38. The molecule has 0 radical (unpaired) electrons. The number of sulfonamides is 1. The van der Waals surface area contributed by atoms with Gasteiger partial charge in [-0.3, -0.25) is 0 Å². The minimum absolute atomic E-state index is 0.135. The lowest BCUT2D eigenvalue weighted by atomic mass is 10.3. The van der Waals surface area contributed by atoms with E-state index in [-0.39, 0.29) is 17.9 Å². The van der Waals surface area contributed by atoms with Crippen molar-refractivity contribution in [2.24, 2.45) is 5.14 Å². The molecule has 16 heavy (non-hydrogen) atoms. The van der Waals surface area contributed by atoms with Gasteiger partial charge < -0.3 is 10.4 Å². The van der Waals surface area contributed by atoms with Crippen molar-refractivity contribution >= 4 is 27.3 Å². The summed E-state index contributed by atoms with van der Waals surface area (Å²) < 4.78 is 21.2. The van der Waals surface area contributed by atoms with Crippen LogP contribution in [-0.2, 0) is 16.6 Å². The van der Waals surface area contributed by atoms with Crippen molar-refractivity contribution in [2.45, 2.75) is 6.54 Å². The van der Waals surface area contributed by atoms with Gasteiger partial charge in [0.1, 0.15) is 0 Å². The predicted molar refractivity (Wildman–Crippen MR) is 61.0 cm³/mol. The first-order valence-electron chi connectivity index (χ1n) is 4.40. The van der Waals surface area contributed by atoms with Gasteiger partial charge in [0.25, 0.3) is 0 Å². The maximum Gasteiger partial charge on any atom is 0.336 e. The van der Waals surface area contributed by atoms with Gasteiger partial charge in [0, 0.05) is 23.3 Å². The lowest BCUT2D eigenvalue weighted by Crippen LogP contribution is -2.26. The molecule has 1 aromatic heterocycles. The summed E-state index contributed by atoms with van der Waals surface area (Å²) in [5.74, 6) is -1.10. The Bertz CT molecular complexity index is 466. The number of hydrogen-bond donors (Lipinski definition) is 3. The molecule has 0 amide bonds. The summed E-state index contributed by atoms with van der Waals surface area (Å²) in [5, 5.41) is 17.9. The number of nitrogens with two attached hydrogens (primary N) is 1. The highest BCUT2D eigenvalue weighted by atomic mass is 32.2. The first-order valence-corrected chi connectivity index (χ1v) is 7.00. The maximum absolute atomic E-state index is 10.6. The second-order valence-electron chi connectivity index (χ2n) is 3.15. The van der Waals surface area contributed by atoms with Crippen LogP contribution in [0.5, 0.6) is 0 Å². The van der Waals surface area contributed by atoms with E-state index in [1.165, 1.54) is 11.3 Å². The van der Waals surface area contributed by atoms with Crippen LogP contribution in [0.3, 0.4) is 0 Å². The Morgan fingerprint density at radius 2 is 2.25 bits per heavy atom. The van der Waals surface area contributed by atoms with E-state index in [4.69, 9.17) is 10.2 Å². The number of aromatic carboxylic acids is 1. The fraction of sp³-hybridized carbons (Fsp3) is 0.375. The lowest BCUT2D eigenvalue weighted by molar-refractivity contribution is 0.0697. The average Bonchev–Trinajstić information content (AvgIpc) is 2.59. The van der Waals surface area contributed by atoms with Crippen molar-refractivity contribution in [1.82, 2.24) is 5.32 Å². The fourth-order valence-electron chi connectivity index (χ4n) is 1.01. The molecule has 0 saturated carbocycles. The highest BCUT2D eigenvalue weighted by Crippen LogP contribution is 2.14. The zero-order valence-corrected chi connectivity index (χ0v) is 9.97. The molecule has 0 saturated heterocycles. The maximum atomic E-state index is 10.6. The Balaban J connectivity index is 2.35. The van der Waals surface area contributed by atoms with Gasteiger partial charge in [-0.25, -0.2) is 18.4 Å². The summed E-state index contributed by atoms with van der Waals surface area (Å²) in [6.07, 6.45) is 0. The third kappa shape index (κ3) is 4.71. The van der Waals surface area contributed by atoms with Crippen molar-refractivity contribution in [3.8, 4) is 0 Å². The van der Waals surface area contributed by atoms with E-state index < -0.39 is 16.0 Å². The minimum atomic E-state index is -3.44. The van der Waals surface area contributed by atoms with E-state index in [1.807, 2.05) is 0 Å². The average molecular weight is 264 g/mol. The molecule has 4 N–H and O–H groups in total. The van der Waals surface area contributed by atoms with Gasteiger partial charge in [0.05, 0.1) is 11.3 Å². The molecule has 6 nitrogen and oxygen atoms in total. The smallest absolute Gasteiger partial charge is 0.336 e. The Hall–Kier alpha value is -0.960. The largest absolute Gasteiger partial charge is 0.478 e. The third-order valence-electron chi connectivity index (χ3n) is 1.76. The van der Waals surface area contributed by atoms with Crippen LogP contribution in [0.4, 0.5) is 0 Å². The zero-order valence-electron chi connectivity index (χ0n) is 8.34. The van der Waals surface area contributed by atoms with Crippen molar-refractivity contribution in [3.63, 3.8) is 0 Å². The summed E-state index contributed by atoms with van der Waals surface area (Å²) in [6.45, 7) is 0.687. The number of carboxylic acid groups (broad SMARTS) is 1. The lowest BCUT2D eigenvalue weighted by Gasteiger charge is -2.00. The second kappa shape index (κ2) is 5.39. The summed E-state index contributed by atoms with van der Waals surface area (Å²) >= 11 is 1.31. The monoisotopic (exact) mass is 264 g/mol. The third-order valence-corrected chi connectivity index (χ3v) is 3.47. The summed E-state index contributed by atoms with van der Waals surface area (Å²) in [7, 11) is -3.44. The van der Waals surface area contributed by atoms with Crippen molar-refractivity contribution < 1.29 is 18.3 Å². The molecular formula is C8H12N2O4S2. The molecule has 0 atom stereocenters. The number of primary sulfonamides is 1. The topological polar surface area (TPSA) is 109 Å². The zero-order chi connectivity index (χ0) is 12.2. The van der Waals surface area contributed by atoms with Gasteiger partial charge in [-0.1, -0.05) is 0 Å². The summed E-state index contributed by atoms with van der Waals surface area (Å²) in [5.41, 5.74) is 0.244. The van der Waals surface area contributed by atoms with Gasteiger partial charge in [0.15, 0.2) is 0 Å². The molecule has 0 spiro atoms. The summed E-state index contributed by atoms with van der Waals surface area (Å²) in [4.78, 5) is 11.4. The molecule has 0 bridgehead atoms. The number of hydrogen-bond acceptors (Lipinski definition) is 5. The number of thiophene rings is 1. The Kier molecular flexibility index (Phi) is 4.42. The molecule has 0 aliphatic heterocycles. The first kappa shape index (κ1) is 13.1. The molecular weight excluding hydrogens is 252 g/mol. The standard InChI is InChI=1S/C8H12N2O4S2/c9-16(13,14)2-1-10-4-7-3-6(5-15-7)8(11)12/h3,5,10H,1-2,4H2,(H,11,12)(H2,9,13,14). The quantitative estimate of drug-likeness (QED) is 0.618. The highest BCUT2D eigenvalue weighted by molar-refractivity contribution is 7.89. The summed E-state index contributed by atoms with van der Waals surface area (Å²) in [6, 6.07) is 1.55. The second-order valence-corrected chi connectivity index (χ2v) is 5.88. The van der Waals surface area contributed by atoms with Crippen LogP contribution in [0, 0.1) is 0 Å². The normalized spacial score (nSPS) is 11.6. The number of nitrogens with one attached hydrogen (secondary N) is 1. The van der Waals surface area contributed by atoms with E-state index in [2.05, 4.69) is 5.32 Å². The molecule has 0 unspecified atom stereocenters. The van der Waals surface area contributed by atoms with Crippen molar-refractivity contribution in [2.75, 3.05) is 12.3 Å². The minimum Gasteiger partial charge on any atom is -0.478 e. The Morgan fingerprint density at radius 1 is 1.56 bits per heavy atom. The molecule has 0 aliphatic rings. The van der Waals surface area contributed by atoms with Gasteiger partial charge in [-0.15, -0.1) is 11.3 Å².